The summed E-state index contributed by atoms with van der Waals surface area (Å²) >= 11 is 0. The van der Waals surface area contributed by atoms with Gasteiger partial charge in [-0.3, -0.25) is 9.36 Å². The minimum absolute atomic E-state index is 0.0557. The standard InChI is InChI=1S/C19H18N2O5/c1-20(11-13-6-7-16-17(10-13)25-12-24-16)18(22)8-9-21-14-4-2-3-5-15(14)26-19(21)23/h2-7,10H,8-9,11-12H2,1H3. The van der Waals surface area contributed by atoms with Gasteiger partial charge in [0.2, 0.25) is 12.7 Å². The van der Waals surface area contributed by atoms with Crippen molar-refractivity contribution in [2.75, 3.05) is 13.8 Å². The third kappa shape index (κ3) is 3.03. The summed E-state index contributed by atoms with van der Waals surface area (Å²) in [5, 5.41) is 0. The molecule has 134 valence electrons. The molecule has 7 heteroatoms. The zero-order valence-electron chi connectivity index (χ0n) is 14.3. The van der Waals surface area contributed by atoms with Crippen LogP contribution >= 0.6 is 0 Å². The topological polar surface area (TPSA) is 73.9 Å². The van der Waals surface area contributed by atoms with Gasteiger partial charge in [0.25, 0.3) is 0 Å². The molecular weight excluding hydrogens is 336 g/mol. The molecule has 0 spiro atoms. The van der Waals surface area contributed by atoms with Gasteiger partial charge in [0.05, 0.1) is 5.52 Å². The van der Waals surface area contributed by atoms with E-state index in [1.807, 2.05) is 24.3 Å². The minimum atomic E-state index is -0.447. The van der Waals surface area contributed by atoms with E-state index in [0.29, 0.717) is 29.1 Å². The summed E-state index contributed by atoms with van der Waals surface area (Å²) in [6.07, 6.45) is 0.213. The number of ether oxygens (including phenoxy) is 2. The molecule has 26 heavy (non-hydrogen) atoms. The van der Waals surface area contributed by atoms with E-state index >= 15 is 0 Å². The molecule has 1 aliphatic heterocycles. The van der Waals surface area contributed by atoms with Crippen molar-refractivity contribution in [2.24, 2.45) is 0 Å². The Balaban J connectivity index is 1.41. The maximum Gasteiger partial charge on any atom is 0.419 e. The number of aromatic nitrogens is 1. The molecule has 0 atom stereocenters. The summed E-state index contributed by atoms with van der Waals surface area (Å²) < 4.78 is 17.3. The Hall–Kier alpha value is -3.22. The van der Waals surface area contributed by atoms with Crippen molar-refractivity contribution in [1.82, 2.24) is 9.47 Å². The minimum Gasteiger partial charge on any atom is -0.454 e. The van der Waals surface area contributed by atoms with Crippen LogP contribution in [-0.2, 0) is 17.9 Å². The molecule has 0 saturated carbocycles. The van der Waals surface area contributed by atoms with E-state index < -0.39 is 5.76 Å². The molecule has 0 N–H and O–H groups in total. The van der Waals surface area contributed by atoms with Crippen LogP contribution in [0.5, 0.6) is 11.5 Å². The zero-order chi connectivity index (χ0) is 18.1. The van der Waals surface area contributed by atoms with Gasteiger partial charge in [-0.15, -0.1) is 0 Å². The van der Waals surface area contributed by atoms with Crippen molar-refractivity contribution in [3.63, 3.8) is 0 Å². The van der Waals surface area contributed by atoms with Crippen LogP contribution in [0.2, 0.25) is 0 Å². The molecule has 0 fully saturated rings. The number of benzene rings is 2. The highest BCUT2D eigenvalue weighted by Gasteiger charge is 2.16. The van der Waals surface area contributed by atoms with Crippen molar-refractivity contribution in [1.29, 1.82) is 0 Å². The average molecular weight is 354 g/mol. The number of carbonyl (C=O) groups is 1. The molecule has 0 radical (unpaired) electrons. The predicted molar refractivity (Wildman–Crippen MR) is 94.1 cm³/mol. The fourth-order valence-electron chi connectivity index (χ4n) is 3.03. The van der Waals surface area contributed by atoms with Gasteiger partial charge >= 0.3 is 5.76 Å². The van der Waals surface area contributed by atoms with Crippen molar-refractivity contribution in [3.8, 4) is 11.5 Å². The lowest BCUT2D eigenvalue weighted by atomic mass is 10.2. The quantitative estimate of drug-likeness (QED) is 0.703. The first-order chi connectivity index (χ1) is 12.6. The van der Waals surface area contributed by atoms with Crippen LogP contribution in [-0.4, -0.2) is 29.2 Å². The number of amides is 1. The second-order valence-electron chi connectivity index (χ2n) is 6.17. The third-order valence-corrected chi connectivity index (χ3v) is 4.41. The molecule has 4 rings (SSSR count). The molecule has 0 saturated heterocycles. The lowest BCUT2D eigenvalue weighted by Crippen LogP contribution is -2.28. The SMILES string of the molecule is CN(Cc1ccc2c(c1)OCO2)C(=O)CCn1c(=O)oc2ccccc21. The highest BCUT2D eigenvalue weighted by atomic mass is 16.7. The van der Waals surface area contributed by atoms with Crippen molar-refractivity contribution in [3.05, 3.63) is 58.6 Å². The third-order valence-electron chi connectivity index (χ3n) is 4.41. The van der Waals surface area contributed by atoms with Crippen LogP contribution in [0.25, 0.3) is 11.1 Å². The lowest BCUT2D eigenvalue weighted by Gasteiger charge is -2.17. The molecule has 0 bridgehead atoms. The Kier molecular flexibility index (Phi) is 4.12. The smallest absolute Gasteiger partial charge is 0.419 e. The van der Waals surface area contributed by atoms with Gasteiger partial charge in [0.15, 0.2) is 17.1 Å². The number of nitrogens with zero attached hydrogens (tertiary/aromatic N) is 2. The van der Waals surface area contributed by atoms with E-state index in [-0.39, 0.29) is 25.7 Å². The van der Waals surface area contributed by atoms with Crippen LogP contribution in [0.3, 0.4) is 0 Å². The summed E-state index contributed by atoms with van der Waals surface area (Å²) in [5.41, 5.74) is 2.18. The Morgan fingerprint density at radius 2 is 1.96 bits per heavy atom. The van der Waals surface area contributed by atoms with Crippen LogP contribution in [0.15, 0.2) is 51.7 Å². The molecule has 1 amide bonds. The Morgan fingerprint density at radius 3 is 2.85 bits per heavy atom. The number of fused-ring (bicyclic) bond motifs is 2. The van der Waals surface area contributed by atoms with Gasteiger partial charge in [-0.2, -0.15) is 0 Å². The van der Waals surface area contributed by atoms with Gasteiger partial charge in [0.1, 0.15) is 0 Å². The van der Waals surface area contributed by atoms with Crippen molar-refractivity contribution >= 4 is 17.0 Å². The second kappa shape index (κ2) is 6.59. The first kappa shape index (κ1) is 16.3. The summed E-state index contributed by atoms with van der Waals surface area (Å²) in [7, 11) is 1.74. The van der Waals surface area contributed by atoms with Crippen LogP contribution in [0, 0.1) is 0 Å². The van der Waals surface area contributed by atoms with E-state index in [1.54, 1.807) is 30.1 Å². The highest BCUT2D eigenvalue weighted by molar-refractivity contribution is 5.76. The molecule has 1 aliphatic rings. The van der Waals surface area contributed by atoms with Crippen molar-refractivity contribution in [2.45, 2.75) is 19.5 Å². The fraction of sp³-hybridized carbons (Fsp3) is 0.263. The number of para-hydroxylation sites is 2. The average Bonchev–Trinajstić information content (AvgIpc) is 3.22. The molecule has 0 unspecified atom stereocenters. The summed E-state index contributed by atoms with van der Waals surface area (Å²) in [6, 6.07) is 12.8. The molecular formula is C19H18N2O5. The van der Waals surface area contributed by atoms with Gasteiger partial charge < -0.3 is 18.8 Å². The molecule has 1 aromatic heterocycles. The second-order valence-corrected chi connectivity index (χ2v) is 6.17. The maximum absolute atomic E-state index is 12.4. The van der Waals surface area contributed by atoms with E-state index in [9.17, 15) is 9.59 Å². The zero-order valence-corrected chi connectivity index (χ0v) is 14.3. The highest BCUT2D eigenvalue weighted by Crippen LogP contribution is 2.32. The van der Waals surface area contributed by atoms with Crippen LogP contribution < -0.4 is 15.2 Å². The van der Waals surface area contributed by atoms with Crippen molar-refractivity contribution < 1.29 is 18.7 Å². The predicted octanol–water partition coefficient (Wildman–Crippen LogP) is 2.37. The number of aryl methyl sites for hydroxylation is 1. The summed E-state index contributed by atoms with van der Waals surface area (Å²) in [4.78, 5) is 26.0. The summed E-state index contributed by atoms with van der Waals surface area (Å²) in [6.45, 7) is 0.956. The lowest BCUT2D eigenvalue weighted by molar-refractivity contribution is -0.130. The number of carbonyl (C=O) groups excluding carboxylic acids is 1. The normalized spacial score (nSPS) is 12.5. The molecule has 3 aromatic rings. The number of hydrogen-bond donors (Lipinski definition) is 0. The molecule has 7 nitrogen and oxygen atoms in total. The Bertz CT molecular complexity index is 1020. The van der Waals surface area contributed by atoms with Gasteiger partial charge in [-0.05, 0) is 29.8 Å². The number of hydrogen-bond acceptors (Lipinski definition) is 5. The monoisotopic (exact) mass is 354 g/mol. The Morgan fingerprint density at radius 1 is 1.15 bits per heavy atom. The van der Waals surface area contributed by atoms with Crippen LogP contribution in [0.1, 0.15) is 12.0 Å². The van der Waals surface area contributed by atoms with Crippen LogP contribution in [0.4, 0.5) is 0 Å². The molecule has 2 heterocycles. The van der Waals surface area contributed by atoms with Gasteiger partial charge in [-0.25, -0.2) is 4.79 Å². The number of oxazole rings is 1. The fourth-order valence-corrected chi connectivity index (χ4v) is 3.03. The molecule has 0 aliphatic carbocycles. The first-order valence-corrected chi connectivity index (χ1v) is 8.33. The first-order valence-electron chi connectivity index (χ1n) is 8.33. The van der Waals surface area contributed by atoms with Gasteiger partial charge in [-0.1, -0.05) is 18.2 Å². The van der Waals surface area contributed by atoms with Gasteiger partial charge in [0, 0.05) is 26.6 Å². The van der Waals surface area contributed by atoms with E-state index in [0.717, 1.165) is 5.56 Å². The Labute approximate surface area is 149 Å². The largest absolute Gasteiger partial charge is 0.454 e. The summed E-state index contributed by atoms with van der Waals surface area (Å²) in [5.74, 6) is 0.908. The molecule has 2 aromatic carbocycles. The van der Waals surface area contributed by atoms with E-state index in [1.165, 1.54) is 4.57 Å². The number of rotatable bonds is 5. The van der Waals surface area contributed by atoms with E-state index in [2.05, 4.69) is 0 Å². The van der Waals surface area contributed by atoms with E-state index in [4.69, 9.17) is 13.9 Å². The maximum atomic E-state index is 12.4.